The van der Waals surface area contributed by atoms with Crippen LogP contribution in [-0.2, 0) is 11.2 Å². The first-order chi connectivity index (χ1) is 10.5. The van der Waals surface area contributed by atoms with Crippen LogP contribution in [0.2, 0.25) is 0 Å². The third-order valence-electron chi connectivity index (χ3n) is 4.13. The third-order valence-corrected chi connectivity index (χ3v) is 4.13. The molecular weight excluding hydrogens is 282 g/mol. The Morgan fingerprint density at radius 2 is 2.18 bits per heavy atom. The summed E-state index contributed by atoms with van der Waals surface area (Å²) < 4.78 is 17.1. The van der Waals surface area contributed by atoms with E-state index in [1.807, 2.05) is 26.0 Å². The predicted octanol–water partition coefficient (Wildman–Crippen LogP) is 3.36. The highest BCUT2D eigenvalue weighted by Crippen LogP contribution is 2.41. The van der Waals surface area contributed by atoms with E-state index in [2.05, 4.69) is 0 Å². The Kier molecular flexibility index (Phi) is 4.00. The van der Waals surface area contributed by atoms with Crippen LogP contribution in [0.1, 0.15) is 38.7 Å². The molecule has 5 nitrogen and oxygen atoms in total. The number of benzene rings is 1. The molecule has 0 radical (unpaired) electrons. The number of carbonyl (C=O) groups excluding carboxylic acids is 1. The second-order valence-electron chi connectivity index (χ2n) is 6.58. The molecular formula is C17H23NO4. The summed E-state index contributed by atoms with van der Waals surface area (Å²) in [7, 11) is 1.71. The molecule has 3 rings (SSSR count). The summed E-state index contributed by atoms with van der Waals surface area (Å²) in [5.41, 5.74) is 0.815. The Labute approximate surface area is 131 Å². The zero-order valence-electron chi connectivity index (χ0n) is 13.4. The fourth-order valence-corrected chi connectivity index (χ4v) is 2.98. The van der Waals surface area contributed by atoms with Crippen LogP contribution in [0.5, 0.6) is 11.5 Å². The monoisotopic (exact) mass is 305 g/mol. The van der Waals surface area contributed by atoms with Gasteiger partial charge in [-0.2, -0.15) is 0 Å². The first-order valence-corrected chi connectivity index (χ1v) is 7.83. The maximum Gasteiger partial charge on any atom is 0.417 e. The van der Waals surface area contributed by atoms with E-state index in [4.69, 9.17) is 14.2 Å². The first-order valence-electron chi connectivity index (χ1n) is 7.83. The number of nitrogens with zero attached hydrogens (tertiary/aromatic N) is 1. The van der Waals surface area contributed by atoms with Crippen LogP contribution in [0.25, 0.3) is 0 Å². The fourth-order valence-electron chi connectivity index (χ4n) is 2.98. The van der Waals surface area contributed by atoms with Crippen molar-refractivity contribution in [3.63, 3.8) is 0 Å². The van der Waals surface area contributed by atoms with Crippen molar-refractivity contribution in [2.45, 2.75) is 51.4 Å². The quantitative estimate of drug-likeness (QED) is 0.840. The van der Waals surface area contributed by atoms with E-state index in [1.54, 1.807) is 13.1 Å². The number of hydrogen-bond acceptors (Lipinski definition) is 4. The van der Waals surface area contributed by atoms with Gasteiger partial charge in [-0.05, 0) is 39.2 Å². The topological polar surface area (TPSA) is 48.0 Å². The highest BCUT2D eigenvalue weighted by Gasteiger charge is 2.33. The lowest BCUT2D eigenvalue weighted by Crippen LogP contribution is -2.42. The van der Waals surface area contributed by atoms with Gasteiger partial charge >= 0.3 is 6.09 Å². The van der Waals surface area contributed by atoms with Gasteiger partial charge in [-0.3, -0.25) is 4.90 Å². The van der Waals surface area contributed by atoms with E-state index < -0.39 is 6.09 Å². The molecule has 0 saturated carbocycles. The number of para-hydroxylation sites is 1. The van der Waals surface area contributed by atoms with Crippen LogP contribution >= 0.6 is 0 Å². The normalized spacial score (nSPS) is 22.6. The van der Waals surface area contributed by atoms with Crippen molar-refractivity contribution in [2.75, 3.05) is 13.7 Å². The lowest BCUT2D eigenvalue weighted by atomic mass is 10.0. The standard InChI is InChI=1S/C17H23NO4/c1-17(2)11-12-7-6-8-13(15(12)22-17)21-16(19)18(3)14-9-4-5-10-20-14/h6-8,14H,4-5,9-11H2,1-3H3. The summed E-state index contributed by atoms with van der Waals surface area (Å²) in [5, 5.41) is 0. The van der Waals surface area contributed by atoms with Crippen LogP contribution < -0.4 is 9.47 Å². The summed E-state index contributed by atoms with van der Waals surface area (Å²) >= 11 is 0. The minimum atomic E-state index is -0.409. The molecule has 1 aromatic carbocycles. The molecule has 0 bridgehead atoms. The van der Waals surface area contributed by atoms with Gasteiger partial charge in [0.2, 0.25) is 0 Å². The summed E-state index contributed by atoms with van der Waals surface area (Å²) in [6.45, 7) is 4.75. The van der Waals surface area contributed by atoms with Gasteiger partial charge in [-0.25, -0.2) is 4.79 Å². The molecule has 0 aromatic heterocycles. The Bertz CT molecular complexity index is 564. The van der Waals surface area contributed by atoms with Crippen molar-refractivity contribution < 1.29 is 19.0 Å². The molecule has 0 aliphatic carbocycles. The summed E-state index contributed by atoms with van der Waals surface area (Å²) in [4.78, 5) is 13.9. The van der Waals surface area contributed by atoms with Gasteiger partial charge < -0.3 is 14.2 Å². The SMILES string of the molecule is CN(C(=O)Oc1cccc2c1OC(C)(C)C2)C1CCCCO1. The molecule has 0 spiro atoms. The number of ether oxygens (including phenoxy) is 3. The molecule has 22 heavy (non-hydrogen) atoms. The van der Waals surface area contributed by atoms with E-state index in [0.717, 1.165) is 31.2 Å². The molecule has 2 aliphatic heterocycles. The lowest BCUT2D eigenvalue weighted by Gasteiger charge is -2.30. The number of amides is 1. The molecule has 1 fully saturated rings. The van der Waals surface area contributed by atoms with Gasteiger partial charge in [0.1, 0.15) is 11.8 Å². The van der Waals surface area contributed by atoms with Crippen molar-refractivity contribution in [3.05, 3.63) is 23.8 Å². The van der Waals surface area contributed by atoms with Crippen molar-refractivity contribution in [1.82, 2.24) is 4.90 Å². The van der Waals surface area contributed by atoms with Crippen molar-refractivity contribution in [1.29, 1.82) is 0 Å². The minimum absolute atomic E-state index is 0.199. The Balaban J connectivity index is 1.71. The highest BCUT2D eigenvalue weighted by atomic mass is 16.6. The molecule has 2 aliphatic rings. The summed E-state index contributed by atoms with van der Waals surface area (Å²) in [6.07, 6.45) is 3.18. The third kappa shape index (κ3) is 3.04. The van der Waals surface area contributed by atoms with Crippen LogP contribution in [0.4, 0.5) is 4.79 Å². The summed E-state index contributed by atoms with van der Waals surface area (Å²) in [6, 6.07) is 5.67. The number of carbonyl (C=O) groups is 1. The molecule has 1 amide bonds. The molecule has 1 atom stereocenters. The second-order valence-corrected chi connectivity index (χ2v) is 6.58. The second kappa shape index (κ2) is 5.80. The van der Waals surface area contributed by atoms with E-state index in [1.165, 1.54) is 4.90 Å². The molecule has 5 heteroatoms. The van der Waals surface area contributed by atoms with Gasteiger partial charge in [0, 0.05) is 25.6 Å². The number of rotatable bonds is 2. The Hall–Kier alpha value is -1.75. The van der Waals surface area contributed by atoms with Gasteiger partial charge in [0.15, 0.2) is 11.5 Å². The van der Waals surface area contributed by atoms with Crippen molar-refractivity contribution in [3.8, 4) is 11.5 Å². The van der Waals surface area contributed by atoms with Crippen LogP contribution in [0.15, 0.2) is 18.2 Å². The zero-order chi connectivity index (χ0) is 15.7. The smallest absolute Gasteiger partial charge is 0.417 e. The Morgan fingerprint density at radius 3 is 2.91 bits per heavy atom. The van der Waals surface area contributed by atoms with Gasteiger partial charge in [0.05, 0.1) is 0 Å². The molecule has 0 N–H and O–H groups in total. The summed E-state index contributed by atoms with van der Waals surface area (Å²) in [5.74, 6) is 1.16. The fraction of sp³-hybridized carbons (Fsp3) is 0.588. The highest BCUT2D eigenvalue weighted by molar-refractivity contribution is 5.72. The van der Waals surface area contributed by atoms with Crippen LogP contribution in [0.3, 0.4) is 0 Å². The van der Waals surface area contributed by atoms with Gasteiger partial charge in [0.25, 0.3) is 0 Å². The zero-order valence-corrected chi connectivity index (χ0v) is 13.4. The van der Waals surface area contributed by atoms with Crippen LogP contribution in [0, 0.1) is 0 Å². The van der Waals surface area contributed by atoms with E-state index >= 15 is 0 Å². The maximum absolute atomic E-state index is 12.3. The van der Waals surface area contributed by atoms with E-state index in [-0.39, 0.29) is 11.8 Å². The van der Waals surface area contributed by atoms with Crippen molar-refractivity contribution >= 4 is 6.09 Å². The largest absolute Gasteiger partial charge is 0.483 e. The van der Waals surface area contributed by atoms with E-state index in [0.29, 0.717) is 18.1 Å². The molecule has 2 heterocycles. The van der Waals surface area contributed by atoms with Gasteiger partial charge in [-0.15, -0.1) is 0 Å². The van der Waals surface area contributed by atoms with Gasteiger partial charge in [-0.1, -0.05) is 12.1 Å². The molecule has 1 saturated heterocycles. The van der Waals surface area contributed by atoms with E-state index in [9.17, 15) is 4.79 Å². The van der Waals surface area contributed by atoms with Crippen molar-refractivity contribution in [2.24, 2.45) is 0 Å². The van der Waals surface area contributed by atoms with Crippen LogP contribution in [-0.4, -0.2) is 36.5 Å². The number of fused-ring (bicyclic) bond motifs is 1. The average molecular weight is 305 g/mol. The molecule has 120 valence electrons. The molecule has 1 aromatic rings. The minimum Gasteiger partial charge on any atom is -0.483 e. The lowest BCUT2D eigenvalue weighted by molar-refractivity contribution is -0.0626. The predicted molar refractivity (Wildman–Crippen MR) is 82.2 cm³/mol. The number of hydrogen-bond donors (Lipinski definition) is 0. The molecule has 1 unspecified atom stereocenters. The maximum atomic E-state index is 12.3. The first kappa shape index (κ1) is 15.2. The Morgan fingerprint density at radius 1 is 1.36 bits per heavy atom. The average Bonchev–Trinajstić information content (AvgIpc) is 2.82.